The van der Waals surface area contributed by atoms with E-state index in [0.29, 0.717) is 5.57 Å². The summed E-state index contributed by atoms with van der Waals surface area (Å²) in [5.74, 6) is 0.818. The third-order valence-corrected chi connectivity index (χ3v) is 1.80. The minimum atomic E-state index is 0.677. The van der Waals surface area contributed by atoms with E-state index >= 15 is 0 Å². The Labute approximate surface area is 66.8 Å². The molecule has 0 spiro atoms. The van der Waals surface area contributed by atoms with Gasteiger partial charge in [-0.15, -0.1) is 0 Å². The Kier molecular flexibility index (Phi) is 2.32. The summed E-state index contributed by atoms with van der Waals surface area (Å²) in [5, 5.41) is 8.68. The summed E-state index contributed by atoms with van der Waals surface area (Å²) < 4.78 is 5.06. The quantitative estimate of drug-likeness (QED) is 0.572. The Morgan fingerprint density at radius 3 is 2.82 bits per heavy atom. The average Bonchev–Trinajstić information content (AvgIpc) is 2.04. The maximum absolute atomic E-state index is 8.68. The fourth-order valence-electron chi connectivity index (χ4n) is 1.15. The van der Waals surface area contributed by atoms with E-state index in [0.717, 1.165) is 18.6 Å². The number of ether oxygens (including phenoxy) is 1. The molecule has 0 N–H and O–H groups in total. The van der Waals surface area contributed by atoms with E-state index in [-0.39, 0.29) is 0 Å². The van der Waals surface area contributed by atoms with Crippen molar-refractivity contribution in [2.24, 2.45) is 0 Å². The van der Waals surface area contributed by atoms with Crippen molar-refractivity contribution in [1.29, 1.82) is 5.26 Å². The Hall–Kier alpha value is -1.23. The smallest absolute Gasteiger partial charge is 0.114 e. The molecule has 0 saturated carbocycles. The Bertz CT molecular complexity index is 255. The number of allylic oxidation sites excluding steroid dienone is 4. The van der Waals surface area contributed by atoms with Gasteiger partial charge in [0.25, 0.3) is 0 Å². The first-order valence-electron chi connectivity index (χ1n) is 3.62. The first kappa shape index (κ1) is 7.87. The molecule has 11 heavy (non-hydrogen) atoms. The van der Waals surface area contributed by atoms with Crippen LogP contribution in [0.15, 0.2) is 23.0 Å². The number of hydrogen-bond acceptors (Lipinski definition) is 2. The fourth-order valence-corrected chi connectivity index (χ4v) is 1.15. The fraction of sp³-hybridized carbons (Fsp3) is 0.444. The lowest BCUT2D eigenvalue weighted by atomic mass is 10.00. The van der Waals surface area contributed by atoms with E-state index in [1.54, 1.807) is 7.11 Å². The molecule has 0 atom stereocenters. The first-order chi connectivity index (χ1) is 5.27. The predicted octanol–water partition coefficient (Wildman–Crippen LogP) is 2.15. The van der Waals surface area contributed by atoms with Crippen molar-refractivity contribution in [1.82, 2.24) is 0 Å². The van der Waals surface area contributed by atoms with Gasteiger partial charge in [0.2, 0.25) is 0 Å². The van der Waals surface area contributed by atoms with Gasteiger partial charge in [0.05, 0.1) is 12.7 Å². The molecule has 1 aliphatic carbocycles. The van der Waals surface area contributed by atoms with Gasteiger partial charge in [-0.3, -0.25) is 0 Å². The molecule has 0 heterocycles. The van der Waals surface area contributed by atoms with Crippen molar-refractivity contribution in [3.05, 3.63) is 23.0 Å². The van der Waals surface area contributed by atoms with Crippen LogP contribution in [0.4, 0.5) is 0 Å². The molecule has 2 nitrogen and oxygen atoms in total. The summed E-state index contributed by atoms with van der Waals surface area (Å²) in [7, 11) is 1.61. The van der Waals surface area contributed by atoms with Gasteiger partial charge < -0.3 is 4.74 Å². The van der Waals surface area contributed by atoms with Crippen LogP contribution in [0.3, 0.4) is 0 Å². The molecule has 0 bridgehead atoms. The molecule has 0 aromatic carbocycles. The second-order valence-electron chi connectivity index (χ2n) is 2.64. The van der Waals surface area contributed by atoms with Crippen LogP contribution >= 0.6 is 0 Å². The topological polar surface area (TPSA) is 33.0 Å². The van der Waals surface area contributed by atoms with Crippen LogP contribution in [0.2, 0.25) is 0 Å². The highest BCUT2D eigenvalue weighted by Gasteiger charge is 2.10. The summed E-state index contributed by atoms with van der Waals surface area (Å²) in [6.07, 6.45) is 3.76. The number of rotatable bonds is 1. The minimum absolute atomic E-state index is 0.677. The van der Waals surface area contributed by atoms with Gasteiger partial charge in [-0.1, -0.05) is 5.57 Å². The molecule has 1 aliphatic rings. The van der Waals surface area contributed by atoms with E-state index in [4.69, 9.17) is 10.00 Å². The summed E-state index contributed by atoms with van der Waals surface area (Å²) in [4.78, 5) is 0. The third-order valence-electron chi connectivity index (χ3n) is 1.80. The van der Waals surface area contributed by atoms with Crippen LogP contribution < -0.4 is 0 Å². The molecule has 0 amide bonds. The zero-order chi connectivity index (χ0) is 8.27. The second kappa shape index (κ2) is 3.25. The Morgan fingerprint density at radius 2 is 2.27 bits per heavy atom. The lowest BCUT2D eigenvalue weighted by Crippen LogP contribution is -1.98. The summed E-state index contributed by atoms with van der Waals surface area (Å²) in [6, 6.07) is 2.11. The molecule has 0 fully saturated rings. The summed E-state index contributed by atoms with van der Waals surface area (Å²) in [6.45, 7) is 2.03. The molecule has 1 rings (SSSR count). The van der Waals surface area contributed by atoms with Crippen LogP contribution in [-0.4, -0.2) is 7.11 Å². The lowest BCUT2D eigenvalue weighted by molar-refractivity contribution is 0.273. The zero-order valence-electron chi connectivity index (χ0n) is 6.85. The normalized spacial score (nSPS) is 17.4. The molecule has 0 aromatic rings. The van der Waals surface area contributed by atoms with Crippen molar-refractivity contribution in [2.75, 3.05) is 7.11 Å². The van der Waals surface area contributed by atoms with E-state index < -0.39 is 0 Å². The molecule has 0 unspecified atom stereocenters. The van der Waals surface area contributed by atoms with Crippen LogP contribution in [0.1, 0.15) is 19.8 Å². The molecule has 0 radical (unpaired) electrons. The van der Waals surface area contributed by atoms with Crippen molar-refractivity contribution in [3.8, 4) is 6.07 Å². The van der Waals surface area contributed by atoms with E-state index in [1.807, 2.05) is 13.0 Å². The van der Waals surface area contributed by atoms with Gasteiger partial charge in [0, 0.05) is 6.42 Å². The molecule has 0 aliphatic heterocycles. The standard InChI is InChI=1S/C9H11NO/c1-7-3-4-9(11-2)8(5-7)6-10/h5H,3-4H2,1-2H3. The Morgan fingerprint density at radius 1 is 1.55 bits per heavy atom. The lowest BCUT2D eigenvalue weighted by Gasteiger charge is -2.12. The average molecular weight is 149 g/mol. The van der Waals surface area contributed by atoms with Gasteiger partial charge in [0.1, 0.15) is 11.8 Å². The van der Waals surface area contributed by atoms with Gasteiger partial charge in [-0.25, -0.2) is 0 Å². The van der Waals surface area contributed by atoms with E-state index in [2.05, 4.69) is 6.07 Å². The second-order valence-corrected chi connectivity index (χ2v) is 2.64. The van der Waals surface area contributed by atoms with E-state index in [1.165, 1.54) is 5.57 Å². The van der Waals surface area contributed by atoms with Gasteiger partial charge in [-0.2, -0.15) is 5.26 Å². The molecule has 0 aromatic heterocycles. The summed E-state index contributed by atoms with van der Waals surface area (Å²) >= 11 is 0. The molecule has 2 heteroatoms. The Balaban J connectivity index is 2.95. The van der Waals surface area contributed by atoms with Crippen LogP contribution in [0.25, 0.3) is 0 Å². The largest absolute Gasteiger partial charge is 0.500 e. The predicted molar refractivity (Wildman–Crippen MR) is 42.6 cm³/mol. The van der Waals surface area contributed by atoms with Gasteiger partial charge >= 0.3 is 0 Å². The molecular weight excluding hydrogens is 138 g/mol. The number of methoxy groups -OCH3 is 1. The number of nitrogens with zero attached hydrogens (tertiary/aromatic N) is 1. The molecular formula is C9H11NO. The summed E-state index contributed by atoms with van der Waals surface area (Å²) in [5.41, 5.74) is 1.93. The zero-order valence-corrected chi connectivity index (χ0v) is 6.85. The van der Waals surface area contributed by atoms with Crippen LogP contribution in [0.5, 0.6) is 0 Å². The van der Waals surface area contributed by atoms with Crippen molar-refractivity contribution >= 4 is 0 Å². The van der Waals surface area contributed by atoms with E-state index in [9.17, 15) is 0 Å². The number of hydrogen-bond donors (Lipinski definition) is 0. The van der Waals surface area contributed by atoms with Gasteiger partial charge in [-0.05, 0) is 19.4 Å². The monoisotopic (exact) mass is 149 g/mol. The SMILES string of the molecule is COC1=C(C#N)C=C(C)CC1. The number of nitriles is 1. The van der Waals surface area contributed by atoms with Crippen LogP contribution in [-0.2, 0) is 4.74 Å². The molecule has 0 saturated heterocycles. The highest BCUT2D eigenvalue weighted by molar-refractivity contribution is 5.40. The van der Waals surface area contributed by atoms with Crippen molar-refractivity contribution < 1.29 is 4.74 Å². The highest BCUT2D eigenvalue weighted by Crippen LogP contribution is 2.23. The molecule has 58 valence electrons. The van der Waals surface area contributed by atoms with Crippen molar-refractivity contribution in [3.63, 3.8) is 0 Å². The maximum Gasteiger partial charge on any atom is 0.114 e. The van der Waals surface area contributed by atoms with Crippen LogP contribution in [0, 0.1) is 11.3 Å². The minimum Gasteiger partial charge on any atom is -0.500 e. The third kappa shape index (κ3) is 1.62. The first-order valence-corrected chi connectivity index (χ1v) is 3.62. The highest BCUT2D eigenvalue weighted by atomic mass is 16.5. The maximum atomic E-state index is 8.68. The van der Waals surface area contributed by atoms with Gasteiger partial charge in [0.15, 0.2) is 0 Å². The van der Waals surface area contributed by atoms with Crippen molar-refractivity contribution in [2.45, 2.75) is 19.8 Å².